The van der Waals surface area contributed by atoms with Crippen molar-refractivity contribution in [2.75, 3.05) is 19.6 Å². The zero-order chi connectivity index (χ0) is 13.8. The highest BCUT2D eigenvalue weighted by Gasteiger charge is 2.20. The number of halogens is 1. The van der Waals surface area contributed by atoms with Crippen molar-refractivity contribution in [2.45, 2.75) is 12.6 Å². The third-order valence-corrected chi connectivity index (χ3v) is 4.59. The molecule has 1 aliphatic rings. The van der Waals surface area contributed by atoms with Crippen LogP contribution in [0, 0.1) is 0 Å². The Balaban J connectivity index is 1.68. The Bertz CT molecular complexity index is 556. The van der Waals surface area contributed by atoms with Crippen LogP contribution in [-0.4, -0.2) is 24.5 Å². The molecule has 1 aliphatic heterocycles. The maximum Gasteiger partial charge on any atom is 0.0449 e. The van der Waals surface area contributed by atoms with Gasteiger partial charge in [0.25, 0.3) is 0 Å². The lowest BCUT2D eigenvalue weighted by molar-refractivity contribution is 0.193. The van der Waals surface area contributed by atoms with Gasteiger partial charge >= 0.3 is 0 Å². The first-order chi connectivity index (χ1) is 9.83. The SMILES string of the molecule is Brc1ccccc1CN1CCNC(c2ccccc2)C1. The molecule has 0 bridgehead atoms. The van der Waals surface area contributed by atoms with Gasteiger partial charge in [0.2, 0.25) is 0 Å². The van der Waals surface area contributed by atoms with Crippen molar-refractivity contribution in [3.63, 3.8) is 0 Å². The van der Waals surface area contributed by atoms with Crippen LogP contribution in [-0.2, 0) is 6.54 Å². The summed E-state index contributed by atoms with van der Waals surface area (Å²) in [5, 5.41) is 3.61. The van der Waals surface area contributed by atoms with E-state index in [0.717, 1.165) is 26.2 Å². The maximum atomic E-state index is 3.64. The molecule has 2 aromatic rings. The Morgan fingerprint density at radius 3 is 2.60 bits per heavy atom. The van der Waals surface area contributed by atoms with Crippen LogP contribution >= 0.6 is 15.9 Å². The molecule has 3 rings (SSSR count). The van der Waals surface area contributed by atoms with E-state index < -0.39 is 0 Å². The topological polar surface area (TPSA) is 15.3 Å². The van der Waals surface area contributed by atoms with Gasteiger partial charge in [-0.15, -0.1) is 0 Å². The van der Waals surface area contributed by atoms with Crippen molar-refractivity contribution < 1.29 is 0 Å². The molecule has 0 amide bonds. The number of rotatable bonds is 3. The molecule has 0 aromatic heterocycles. The van der Waals surface area contributed by atoms with E-state index in [1.54, 1.807) is 0 Å². The van der Waals surface area contributed by atoms with E-state index in [2.05, 4.69) is 80.7 Å². The summed E-state index contributed by atoms with van der Waals surface area (Å²) in [5.41, 5.74) is 2.74. The van der Waals surface area contributed by atoms with Gasteiger partial charge in [0, 0.05) is 36.7 Å². The molecule has 0 saturated carbocycles. The van der Waals surface area contributed by atoms with Crippen molar-refractivity contribution in [3.05, 3.63) is 70.2 Å². The van der Waals surface area contributed by atoms with Gasteiger partial charge in [-0.25, -0.2) is 0 Å². The molecule has 0 spiro atoms. The second-order valence-corrected chi connectivity index (χ2v) is 6.10. The summed E-state index contributed by atoms with van der Waals surface area (Å²) in [6, 6.07) is 19.6. The first-order valence-electron chi connectivity index (χ1n) is 7.07. The number of nitrogens with zero attached hydrogens (tertiary/aromatic N) is 1. The molecule has 1 saturated heterocycles. The van der Waals surface area contributed by atoms with Gasteiger partial charge < -0.3 is 5.32 Å². The van der Waals surface area contributed by atoms with Crippen molar-refractivity contribution in [3.8, 4) is 0 Å². The highest BCUT2D eigenvalue weighted by Crippen LogP contribution is 2.21. The third kappa shape index (κ3) is 3.29. The highest BCUT2D eigenvalue weighted by atomic mass is 79.9. The second-order valence-electron chi connectivity index (χ2n) is 5.24. The molecule has 1 atom stereocenters. The fourth-order valence-electron chi connectivity index (χ4n) is 2.73. The van der Waals surface area contributed by atoms with Gasteiger partial charge in [-0.05, 0) is 17.2 Å². The molecular formula is C17H19BrN2. The van der Waals surface area contributed by atoms with Crippen LogP contribution in [0.5, 0.6) is 0 Å². The minimum atomic E-state index is 0.437. The normalized spacial score (nSPS) is 19.9. The van der Waals surface area contributed by atoms with Crippen molar-refractivity contribution in [1.82, 2.24) is 10.2 Å². The summed E-state index contributed by atoms with van der Waals surface area (Å²) in [6.07, 6.45) is 0. The molecule has 1 heterocycles. The molecule has 2 aromatic carbocycles. The van der Waals surface area contributed by atoms with E-state index >= 15 is 0 Å². The Hall–Kier alpha value is -1.16. The summed E-state index contributed by atoms with van der Waals surface area (Å²) >= 11 is 3.64. The van der Waals surface area contributed by atoms with Gasteiger partial charge in [0.05, 0.1) is 0 Å². The van der Waals surface area contributed by atoms with Crippen LogP contribution in [0.2, 0.25) is 0 Å². The fourth-order valence-corrected chi connectivity index (χ4v) is 3.14. The monoisotopic (exact) mass is 330 g/mol. The van der Waals surface area contributed by atoms with Crippen LogP contribution in [0.4, 0.5) is 0 Å². The lowest BCUT2D eigenvalue weighted by Crippen LogP contribution is -2.45. The smallest absolute Gasteiger partial charge is 0.0449 e. The number of piperazine rings is 1. The largest absolute Gasteiger partial charge is 0.308 e. The first kappa shape index (κ1) is 13.8. The van der Waals surface area contributed by atoms with E-state index in [1.807, 2.05) is 0 Å². The molecule has 20 heavy (non-hydrogen) atoms. The average molecular weight is 331 g/mol. The molecule has 104 valence electrons. The molecule has 1 unspecified atom stereocenters. The number of hydrogen-bond donors (Lipinski definition) is 1. The van der Waals surface area contributed by atoms with Gasteiger partial charge in [-0.3, -0.25) is 4.90 Å². The summed E-state index contributed by atoms with van der Waals surface area (Å²) in [6.45, 7) is 4.21. The molecule has 1 fully saturated rings. The molecule has 0 radical (unpaired) electrons. The van der Waals surface area contributed by atoms with Gasteiger partial charge in [-0.1, -0.05) is 64.5 Å². The fraction of sp³-hybridized carbons (Fsp3) is 0.294. The van der Waals surface area contributed by atoms with Crippen molar-refractivity contribution in [1.29, 1.82) is 0 Å². The molecule has 3 heteroatoms. The standard InChI is InChI=1S/C17H19BrN2/c18-16-9-5-4-8-15(16)12-20-11-10-19-17(13-20)14-6-2-1-3-7-14/h1-9,17,19H,10-13H2. The second kappa shape index (κ2) is 6.53. The van der Waals surface area contributed by atoms with Crippen LogP contribution in [0.1, 0.15) is 17.2 Å². The maximum absolute atomic E-state index is 3.64. The molecule has 2 nitrogen and oxygen atoms in total. The van der Waals surface area contributed by atoms with Gasteiger partial charge in [0.15, 0.2) is 0 Å². The van der Waals surface area contributed by atoms with Gasteiger partial charge in [-0.2, -0.15) is 0 Å². The quantitative estimate of drug-likeness (QED) is 0.925. The predicted octanol–water partition coefficient (Wildman–Crippen LogP) is 3.60. The number of benzene rings is 2. The van der Waals surface area contributed by atoms with Crippen LogP contribution in [0.15, 0.2) is 59.1 Å². The summed E-state index contributed by atoms with van der Waals surface area (Å²) in [5.74, 6) is 0. The Kier molecular flexibility index (Phi) is 4.51. The molecule has 0 aliphatic carbocycles. The summed E-state index contributed by atoms with van der Waals surface area (Å²) < 4.78 is 1.20. The average Bonchev–Trinajstić information content (AvgIpc) is 2.51. The Morgan fingerprint density at radius 1 is 1.05 bits per heavy atom. The predicted molar refractivity (Wildman–Crippen MR) is 86.6 cm³/mol. The van der Waals surface area contributed by atoms with E-state index in [1.165, 1.54) is 15.6 Å². The highest BCUT2D eigenvalue weighted by molar-refractivity contribution is 9.10. The van der Waals surface area contributed by atoms with E-state index in [0.29, 0.717) is 6.04 Å². The third-order valence-electron chi connectivity index (χ3n) is 3.81. The summed E-state index contributed by atoms with van der Waals surface area (Å²) in [4.78, 5) is 2.52. The van der Waals surface area contributed by atoms with Crippen LogP contribution < -0.4 is 5.32 Å². The summed E-state index contributed by atoms with van der Waals surface area (Å²) in [7, 11) is 0. The minimum Gasteiger partial charge on any atom is -0.308 e. The molecular weight excluding hydrogens is 312 g/mol. The van der Waals surface area contributed by atoms with Crippen LogP contribution in [0.25, 0.3) is 0 Å². The lowest BCUT2D eigenvalue weighted by Gasteiger charge is -2.34. The Labute approximate surface area is 128 Å². The Morgan fingerprint density at radius 2 is 1.80 bits per heavy atom. The zero-order valence-electron chi connectivity index (χ0n) is 11.4. The van der Waals surface area contributed by atoms with E-state index in [9.17, 15) is 0 Å². The van der Waals surface area contributed by atoms with Crippen molar-refractivity contribution in [2.24, 2.45) is 0 Å². The zero-order valence-corrected chi connectivity index (χ0v) is 13.0. The van der Waals surface area contributed by atoms with E-state index in [-0.39, 0.29) is 0 Å². The van der Waals surface area contributed by atoms with Crippen molar-refractivity contribution >= 4 is 15.9 Å². The van der Waals surface area contributed by atoms with Crippen LogP contribution in [0.3, 0.4) is 0 Å². The first-order valence-corrected chi connectivity index (χ1v) is 7.86. The van der Waals surface area contributed by atoms with E-state index in [4.69, 9.17) is 0 Å². The number of nitrogens with one attached hydrogen (secondary N) is 1. The van der Waals surface area contributed by atoms with Gasteiger partial charge in [0.1, 0.15) is 0 Å². The number of hydrogen-bond acceptors (Lipinski definition) is 2. The lowest BCUT2D eigenvalue weighted by atomic mass is 10.0. The minimum absolute atomic E-state index is 0.437. The molecule has 1 N–H and O–H groups in total.